The molecule has 2 nitrogen and oxygen atoms in total. The fourth-order valence-corrected chi connectivity index (χ4v) is 3.23. The predicted molar refractivity (Wildman–Crippen MR) is 78.8 cm³/mol. The summed E-state index contributed by atoms with van der Waals surface area (Å²) in [6.07, 6.45) is 6.43. The topological polar surface area (TPSA) is 15.3 Å². The van der Waals surface area contributed by atoms with Crippen LogP contribution in [0.3, 0.4) is 0 Å². The van der Waals surface area contributed by atoms with Crippen LogP contribution in [0.25, 0.3) is 0 Å². The van der Waals surface area contributed by atoms with Crippen LogP contribution in [0.2, 0.25) is 0 Å². The number of piperidine rings is 1. The molecule has 2 aliphatic rings. The highest BCUT2D eigenvalue weighted by atomic mass is 15.1. The molecule has 1 fully saturated rings. The molecule has 0 saturated carbocycles. The summed E-state index contributed by atoms with van der Waals surface area (Å²) in [7, 11) is 0. The molecule has 0 aliphatic carbocycles. The Morgan fingerprint density at radius 3 is 2.72 bits per heavy atom. The average molecular weight is 250 g/mol. The fourth-order valence-electron chi connectivity index (χ4n) is 3.23. The summed E-state index contributed by atoms with van der Waals surface area (Å²) >= 11 is 0. The quantitative estimate of drug-likeness (QED) is 0.758. The minimum Gasteiger partial charge on any atom is -0.313 e. The van der Waals surface area contributed by atoms with E-state index in [2.05, 4.69) is 44.0 Å². The van der Waals surface area contributed by atoms with Gasteiger partial charge in [0.2, 0.25) is 0 Å². The van der Waals surface area contributed by atoms with Gasteiger partial charge in [0, 0.05) is 25.7 Å². The van der Waals surface area contributed by atoms with Crippen molar-refractivity contribution in [3.05, 3.63) is 11.6 Å². The third-order valence-corrected chi connectivity index (χ3v) is 4.49. The Morgan fingerprint density at radius 2 is 2.17 bits per heavy atom. The lowest BCUT2D eigenvalue weighted by atomic mass is 9.83. The minimum absolute atomic E-state index is 0.365. The summed E-state index contributed by atoms with van der Waals surface area (Å²) in [6.45, 7) is 14.2. The molecule has 2 heteroatoms. The Balaban J connectivity index is 1.81. The lowest BCUT2D eigenvalue weighted by Crippen LogP contribution is -2.46. The molecule has 2 heterocycles. The van der Waals surface area contributed by atoms with Gasteiger partial charge in [-0.1, -0.05) is 39.3 Å². The Hall–Kier alpha value is -0.340. The molecule has 2 atom stereocenters. The highest BCUT2D eigenvalue weighted by Gasteiger charge is 2.24. The van der Waals surface area contributed by atoms with Crippen molar-refractivity contribution in [2.75, 3.05) is 26.2 Å². The second-order valence-corrected chi connectivity index (χ2v) is 7.27. The van der Waals surface area contributed by atoms with E-state index in [1.807, 2.05) is 0 Å². The first-order valence-electron chi connectivity index (χ1n) is 7.60. The number of hydrogen-bond donors (Lipinski definition) is 1. The predicted octanol–water partition coefficient (Wildman–Crippen LogP) is 3.05. The first kappa shape index (κ1) is 14.1. The summed E-state index contributed by atoms with van der Waals surface area (Å²) in [4.78, 5) is 2.62. The molecule has 1 saturated heterocycles. The Labute approximate surface area is 113 Å². The van der Waals surface area contributed by atoms with Gasteiger partial charge in [-0.3, -0.25) is 4.90 Å². The number of nitrogens with zero attached hydrogens (tertiary/aromatic N) is 1. The molecule has 0 aromatic rings. The van der Waals surface area contributed by atoms with E-state index in [0.29, 0.717) is 5.41 Å². The van der Waals surface area contributed by atoms with Crippen molar-refractivity contribution in [1.82, 2.24) is 10.2 Å². The molecule has 1 N–H and O–H groups in total. The first-order chi connectivity index (χ1) is 8.45. The smallest absolute Gasteiger partial charge is 0.0197 e. The number of hydrogen-bond acceptors (Lipinski definition) is 2. The van der Waals surface area contributed by atoms with Crippen molar-refractivity contribution in [1.29, 1.82) is 0 Å². The van der Waals surface area contributed by atoms with Crippen LogP contribution in [-0.4, -0.2) is 37.1 Å². The van der Waals surface area contributed by atoms with E-state index in [9.17, 15) is 0 Å². The van der Waals surface area contributed by atoms with Gasteiger partial charge in [-0.2, -0.15) is 0 Å². The van der Waals surface area contributed by atoms with Gasteiger partial charge in [0.05, 0.1) is 0 Å². The van der Waals surface area contributed by atoms with Gasteiger partial charge in [0.15, 0.2) is 0 Å². The van der Waals surface area contributed by atoms with Gasteiger partial charge in [-0.15, -0.1) is 0 Å². The van der Waals surface area contributed by atoms with Crippen molar-refractivity contribution >= 4 is 0 Å². The zero-order valence-corrected chi connectivity index (χ0v) is 12.6. The van der Waals surface area contributed by atoms with Gasteiger partial charge < -0.3 is 5.32 Å². The number of nitrogens with one attached hydrogen (secondary N) is 1. The maximum absolute atomic E-state index is 3.68. The van der Waals surface area contributed by atoms with E-state index in [1.54, 1.807) is 5.57 Å². The minimum atomic E-state index is 0.365. The summed E-state index contributed by atoms with van der Waals surface area (Å²) < 4.78 is 0. The van der Waals surface area contributed by atoms with Gasteiger partial charge in [-0.25, -0.2) is 0 Å². The zero-order chi connectivity index (χ0) is 13.2. The van der Waals surface area contributed by atoms with Gasteiger partial charge in [0.25, 0.3) is 0 Å². The summed E-state index contributed by atoms with van der Waals surface area (Å²) in [5, 5.41) is 3.68. The van der Waals surface area contributed by atoms with Crippen molar-refractivity contribution < 1.29 is 0 Å². The summed E-state index contributed by atoms with van der Waals surface area (Å²) in [5.41, 5.74) is 2.01. The van der Waals surface area contributed by atoms with E-state index in [1.165, 1.54) is 38.9 Å². The third-order valence-electron chi connectivity index (χ3n) is 4.49. The molecule has 0 aromatic heterocycles. The van der Waals surface area contributed by atoms with Crippen LogP contribution in [0.4, 0.5) is 0 Å². The SMILES string of the molecule is CC1CCNC(CN2CC=C(C(C)(C)C)CC2)C1. The summed E-state index contributed by atoms with van der Waals surface area (Å²) in [6, 6.07) is 0.721. The molecule has 104 valence electrons. The van der Waals surface area contributed by atoms with E-state index in [-0.39, 0.29) is 0 Å². The average Bonchev–Trinajstić information content (AvgIpc) is 2.28. The van der Waals surface area contributed by atoms with Crippen LogP contribution in [0.5, 0.6) is 0 Å². The Bertz CT molecular complexity index is 301. The van der Waals surface area contributed by atoms with E-state index in [0.717, 1.165) is 18.5 Å². The third kappa shape index (κ3) is 3.83. The van der Waals surface area contributed by atoms with Crippen LogP contribution < -0.4 is 5.32 Å². The normalized spacial score (nSPS) is 31.2. The zero-order valence-electron chi connectivity index (χ0n) is 12.6. The second kappa shape index (κ2) is 5.75. The Kier molecular flexibility index (Phi) is 4.50. The second-order valence-electron chi connectivity index (χ2n) is 7.27. The van der Waals surface area contributed by atoms with Gasteiger partial charge >= 0.3 is 0 Å². The van der Waals surface area contributed by atoms with Gasteiger partial charge in [-0.05, 0) is 37.1 Å². The molecule has 2 aliphatic heterocycles. The molecule has 0 bridgehead atoms. The van der Waals surface area contributed by atoms with Crippen molar-refractivity contribution in [2.24, 2.45) is 11.3 Å². The molecular weight excluding hydrogens is 220 g/mol. The lowest BCUT2D eigenvalue weighted by Gasteiger charge is -2.36. The molecule has 0 amide bonds. The number of rotatable bonds is 2. The van der Waals surface area contributed by atoms with Gasteiger partial charge in [0.1, 0.15) is 0 Å². The van der Waals surface area contributed by atoms with E-state index in [4.69, 9.17) is 0 Å². The molecule has 0 spiro atoms. The molecule has 0 aromatic carbocycles. The van der Waals surface area contributed by atoms with E-state index < -0.39 is 0 Å². The van der Waals surface area contributed by atoms with Crippen molar-refractivity contribution in [3.63, 3.8) is 0 Å². The monoisotopic (exact) mass is 250 g/mol. The molecule has 2 unspecified atom stereocenters. The highest BCUT2D eigenvalue weighted by molar-refractivity contribution is 5.14. The van der Waals surface area contributed by atoms with Crippen LogP contribution >= 0.6 is 0 Å². The molecule has 18 heavy (non-hydrogen) atoms. The van der Waals surface area contributed by atoms with Crippen LogP contribution in [0.15, 0.2) is 11.6 Å². The maximum atomic E-state index is 3.68. The van der Waals surface area contributed by atoms with Crippen LogP contribution in [-0.2, 0) is 0 Å². The largest absolute Gasteiger partial charge is 0.313 e. The molecule has 2 rings (SSSR count). The van der Waals surface area contributed by atoms with Crippen LogP contribution in [0.1, 0.15) is 47.0 Å². The Morgan fingerprint density at radius 1 is 1.39 bits per heavy atom. The summed E-state index contributed by atoms with van der Waals surface area (Å²) in [5.74, 6) is 0.904. The standard InChI is InChI=1S/C16H30N2/c1-13-5-8-17-15(11-13)12-18-9-6-14(7-10-18)16(2,3)4/h6,13,15,17H,5,7-12H2,1-4H3. The van der Waals surface area contributed by atoms with Crippen molar-refractivity contribution in [3.8, 4) is 0 Å². The first-order valence-corrected chi connectivity index (χ1v) is 7.60. The van der Waals surface area contributed by atoms with Crippen LogP contribution in [0, 0.1) is 11.3 Å². The lowest BCUT2D eigenvalue weighted by molar-refractivity contribution is 0.211. The molecular formula is C16H30N2. The van der Waals surface area contributed by atoms with Crippen molar-refractivity contribution in [2.45, 2.75) is 53.0 Å². The van der Waals surface area contributed by atoms with E-state index >= 15 is 0 Å². The fraction of sp³-hybridized carbons (Fsp3) is 0.875. The maximum Gasteiger partial charge on any atom is 0.0197 e. The highest BCUT2D eigenvalue weighted by Crippen LogP contribution is 2.30. The molecule has 0 radical (unpaired) electrons.